The van der Waals surface area contributed by atoms with Crippen LogP contribution in [0.2, 0.25) is 0 Å². The average molecular weight is 939 g/mol. The molecule has 3 unspecified atom stereocenters. The van der Waals surface area contributed by atoms with E-state index in [2.05, 4.69) is 129 Å². The van der Waals surface area contributed by atoms with Crippen LogP contribution in [0.4, 0.5) is 0 Å². The lowest BCUT2D eigenvalue weighted by molar-refractivity contribution is -0.870. The van der Waals surface area contributed by atoms with Gasteiger partial charge < -0.3 is 28.8 Å². The Morgan fingerprint density at radius 2 is 0.924 bits per heavy atom. The van der Waals surface area contributed by atoms with E-state index in [-0.39, 0.29) is 19.1 Å². The molecule has 0 fully saturated rings. The quantitative estimate of drug-likeness (QED) is 0.0272. The van der Waals surface area contributed by atoms with E-state index in [0.717, 1.165) is 96.3 Å². The number of amides is 1. The van der Waals surface area contributed by atoms with Gasteiger partial charge in [0.15, 0.2) is 0 Å². The number of carbonyl (C=O) groups is 1. The van der Waals surface area contributed by atoms with Crippen LogP contribution in [0.1, 0.15) is 194 Å². The molecule has 0 saturated heterocycles. The van der Waals surface area contributed by atoms with Crippen LogP contribution < -0.4 is 10.2 Å². The van der Waals surface area contributed by atoms with Crippen molar-refractivity contribution in [2.45, 2.75) is 206 Å². The molecule has 0 saturated carbocycles. The van der Waals surface area contributed by atoms with Crippen molar-refractivity contribution in [2.24, 2.45) is 0 Å². The maximum Gasteiger partial charge on any atom is 0.268 e. The van der Waals surface area contributed by atoms with Crippen LogP contribution in [0.5, 0.6) is 0 Å². The third-order valence-electron chi connectivity index (χ3n) is 11.0. The number of nitrogens with zero attached hydrogens (tertiary/aromatic N) is 1. The number of rotatable bonds is 46. The molecule has 0 radical (unpaired) electrons. The molecule has 0 aliphatic heterocycles. The lowest BCUT2D eigenvalue weighted by atomic mass is 10.0. The van der Waals surface area contributed by atoms with Crippen LogP contribution in [-0.2, 0) is 18.4 Å². The molecule has 0 aromatic carbocycles. The number of hydrogen-bond donors (Lipinski definition) is 2. The Hall–Kier alpha value is -2.84. The number of hydrogen-bond acceptors (Lipinski definition) is 6. The number of carbonyl (C=O) groups excluding carboxylic acids is 1. The number of allylic oxidation sites excluding steroid dienone is 18. The summed E-state index contributed by atoms with van der Waals surface area (Å²) in [5.74, 6) is -0.183. The summed E-state index contributed by atoms with van der Waals surface area (Å²) in [6.07, 6.45) is 69.4. The van der Waals surface area contributed by atoms with Crippen molar-refractivity contribution in [1.29, 1.82) is 0 Å². The zero-order valence-corrected chi connectivity index (χ0v) is 43.7. The van der Waals surface area contributed by atoms with Crippen LogP contribution in [0.3, 0.4) is 0 Å². The number of aliphatic hydroxyl groups is 1. The van der Waals surface area contributed by atoms with Gasteiger partial charge in [-0.3, -0.25) is 9.36 Å². The second-order valence-electron chi connectivity index (χ2n) is 18.5. The van der Waals surface area contributed by atoms with Gasteiger partial charge in [0.25, 0.3) is 7.82 Å². The summed E-state index contributed by atoms with van der Waals surface area (Å²) < 4.78 is 23.0. The fourth-order valence-electron chi connectivity index (χ4n) is 6.91. The topological polar surface area (TPSA) is 108 Å². The van der Waals surface area contributed by atoms with Crippen molar-refractivity contribution in [3.8, 4) is 0 Å². The Morgan fingerprint density at radius 3 is 1.32 bits per heavy atom. The van der Waals surface area contributed by atoms with Gasteiger partial charge in [0, 0.05) is 6.42 Å². The van der Waals surface area contributed by atoms with Crippen LogP contribution in [0.25, 0.3) is 0 Å². The Kier molecular flexibility index (Phi) is 45.2. The van der Waals surface area contributed by atoms with Crippen LogP contribution >= 0.6 is 7.82 Å². The van der Waals surface area contributed by atoms with E-state index < -0.39 is 20.0 Å². The van der Waals surface area contributed by atoms with Crippen molar-refractivity contribution in [3.05, 3.63) is 109 Å². The van der Waals surface area contributed by atoms with E-state index >= 15 is 0 Å². The summed E-state index contributed by atoms with van der Waals surface area (Å²) in [5.41, 5.74) is 0. The Balaban J connectivity index is 3.78. The summed E-state index contributed by atoms with van der Waals surface area (Å²) in [6, 6.07) is -0.802. The normalized spacial score (nSPS) is 15.0. The highest BCUT2D eigenvalue weighted by atomic mass is 31.2. The van der Waals surface area contributed by atoms with E-state index in [4.69, 9.17) is 9.05 Å². The summed E-state index contributed by atoms with van der Waals surface area (Å²) in [7, 11) is 1.28. The van der Waals surface area contributed by atoms with E-state index in [1.54, 1.807) is 0 Å². The standard InChI is InChI=1S/C57H99N2O6P/c1-6-8-10-11-12-13-14-15-16-17-18-19-20-21-22-23-24-25-26-27-28-29-30-31-32-33-34-35-36-37-38-39-40-41-42-43-44-45-46-47-49-51-57(61)58-55(56(60)50-48-9-7-2)54-65-66(62,63)64-53-52-59(3,4)5/h8,10,12-13,15-16,18-19,21-22,24-25,27-28,30-31,33-34,55-56,60H,6-7,9,11,14,17,20,23,26,29,32,35-54H2,1-5H3,(H-,58,61,62,63)/b10-8-,13-12-,16-15-,19-18-,22-21-,25-24-,28-27-,31-30-,34-33-. The number of likely N-dealkylation sites (N-methyl/N-ethyl adjacent to an activating group) is 1. The molecule has 0 aliphatic carbocycles. The number of phosphoric acid groups is 1. The highest BCUT2D eigenvalue weighted by molar-refractivity contribution is 7.45. The molecule has 9 heteroatoms. The maximum atomic E-state index is 12.7. The average Bonchev–Trinajstić information content (AvgIpc) is 3.27. The van der Waals surface area contributed by atoms with Gasteiger partial charge in [-0.1, -0.05) is 213 Å². The van der Waals surface area contributed by atoms with Gasteiger partial charge in [-0.25, -0.2) is 0 Å². The molecule has 0 spiro atoms. The molecule has 378 valence electrons. The molecule has 3 atom stereocenters. The number of phosphoric ester groups is 1. The molecule has 1 amide bonds. The zero-order valence-electron chi connectivity index (χ0n) is 42.9. The molecule has 0 aliphatic rings. The van der Waals surface area contributed by atoms with Crippen molar-refractivity contribution in [3.63, 3.8) is 0 Å². The Morgan fingerprint density at radius 1 is 0.545 bits per heavy atom. The zero-order chi connectivity index (χ0) is 48.5. The SMILES string of the molecule is CC/C=C\C/C=C\C/C=C\C/C=C\C/C=C\C/C=C\C/C=C\C/C=C\C/C=C\CCCCCCCCCCCCCCCC(=O)NC(COP(=O)([O-])OCC[N+](C)(C)C)C(O)CCCCC. The van der Waals surface area contributed by atoms with E-state index in [1.807, 2.05) is 21.1 Å². The molecular weight excluding hydrogens is 840 g/mol. The first-order chi connectivity index (χ1) is 32.0. The first-order valence-electron chi connectivity index (χ1n) is 26.2. The van der Waals surface area contributed by atoms with Gasteiger partial charge >= 0.3 is 0 Å². The molecule has 66 heavy (non-hydrogen) atoms. The fraction of sp³-hybridized carbons (Fsp3) is 0.667. The highest BCUT2D eigenvalue weighted by Gasteiger charge is 2.24. The maximum absolute atomic E-state index is 12.7. The van der Waals surface area contributed by atoms with Crippen molar-refractivity contribution >= 4 is 13.7 Å². The van der Waals surface area contributed by atoms with Crippen molar-refractivity contribution < 1.29 is 32.9 Å². The minimum atomic E-state index is -4.55. The van der Waals surface area contributed by atoms with Gasteiger partial charge in [0.1, 0.15) is 13.2 Å². The molecule has 0 aromatic heterocycles. The second kappa shape index (κ2) is 47.2. The minimum Gasteiger partial charge on any atom is -0.756 e. The van der Waals surface area contributed by atoms with Gasteiger partial charge in [-0.15, -0.1) is 0 Å². The molecule has 0 rings (SSSR count). The van der Waals surface area contributed by atoms with Gasteiger partial charge in [-0.2, -0.15) is 0 Å². The first-order valence-corrected chi connectivity index (χ1v) is 27.7. The number of unbranched alkanes of at least 4 members (excludes halogenated alkanes) is 15. The van der Waals surface area contributed by atoms with Crippen molar-refractivity contribution in [2.75, 3.05) is 40.9 Å². The van der Waals surface area contributed by atoms with Crippen LogP contribution in [0.15, 0.2) is 109 Å². The number of nitrogens with one attached hydrogen (secondary N) is 1. The van der Waals surface area contributed by atoms with E-state index in [1.165, 1.54) is 70.6 Å². The monoisotopic (exact) mass is 939 g/mol. The van der Waals surface area contributed by atoms with Gasteiger partial charge in [0.2, 0.25) is 5.91 Å². The Bertz CT molecular complexity index is 1440. The molecule has 8 nitrogen and oxygen atoms in total. The lowest BCUT2D eigenvalue weighted by Gasteiger charge is -2.30. The molecule has 0 aromatic rings. The molecule has 0 bridgehead atoms. The smallest absolute Gasteiger partial charge is 0.268 e. The molecular formula is C57H99N2O6P. The number of aliphatic hydroxyl groups excluding tert-OH is 1. The highest BCUT2D eigenvalue weighted by Crippen LogP contribution is 2.38. The summed E-state index contributed by atoms with van der Waals surface area (Å²) in [6.45, 7) is 4.41. The molecule has 2 N–H and O–H groups in total. The summed E-state index contributed by atoms with van der Waals surface area (Å²) >= 11 is 0. The summed E-state index contributed by atoms with van der Waals surface area (Å²) in [5, 5.41) is 13.6. The second-order valence-corrected chi connectivity index (χ2v) is 19.9. The van der Waals surface area contributed by atoms with E-state index in [0.29, 0.717) is 23.9 Å². The van der Waals surface area contributed by atoms with Gasteiger partial charge in [-0.05, 0) is 83.5 Å². The summed E-state index contributed by atoms with van der Waals surface area (Å²) in [4.78, 5) is 25.0. The number of quaternary nitrogens is 1. The Labute approximate surface area is 406 Å². The van der Waals surface area contributed by atoms with Gasteiger partial charge in [0.05, 0.1) is 39.9 Å². The predicted octanol–water partition coefficient (Wildman–Crippen LogP) is 15.0. The molecule has 0 heterocycles. The van der Waals surface area contributed by atoms with Crippen LogP contribution in [0, 0.1) is 0 Å². The largest absolute Gasteiger partial charge is 0.756 e. The first kappa shape index (κ1) is 63.2. The van der Waals surface area contributed by atoms with Crippen LogP contribution in [-0.4, -0.2) is 68.5 Å². The third-order valence-corrected chi connectivity index (χ3v) is 12.0. The van der Waals surface area contributed by atoms with Crippen molar-refractivity contribution in [1.82, 2.24) is 5.32 Å². The van der Waals surface area contributed by atoms with E-state index in [9.17, 15) is 19.4 Å². The lowest BCUT2D eigenvalue weighted by Crippen LogP contribution is -2.46. The third kappa shape index (κ3) is 49.1. The minimum absolute atomic E-state index is 0.00624. The fourth-order valence-corrected chi connectivity index (χ4v) is 7.64. The predicted molar refractivity (Wildman–Crippen MR) is 283 cm³/mol.